The third-order valence-corrected chi connectivity index (χ3v) is 5.43. The van der Waals surface area contributed by atoms with Crippen molar-refractivity contribution in [3.8, 4) is 0 Å². The van der Waals surface area contributed by atoms with E-state index in [1.165, 1.54) is 18.2 Å². The maximum atomic E-state index is 13.2. The molecule has 3 rings (SSSR count). The second kappa shape index (κ2) is 7.62. The Morgan fingerprint density at radius 2 is 1.70 bits per heavy atom. The number of alkyl halides is 6. The third kappa shape index (κ3) is 4.78. The SMILES string of the molecule is O=C(Nc1cccc(F)c1)C1CC12CCN(C(=O)OC(C(F)(F)F)C(F)(F)F)CC2. The van der Waals surface area contributed by atoms with Gasteiger partial charge in [-0.05, 0) is 42.9 Å². The van der Waals surface area contributed by atoms with Crippen LogP contribution in [0.25, 0.3) is 0 Å². The molecule has 2 amide bonds. The van der Waals surface area contributed by atoms with Gasteiger partial charge in [0.15, 0.2) is 0 Å². The van der Waals surface area contributed by atoms with Crippen molar-refractivity contribution in [3.05, 3.63) is 30.1 Å². The van der Waals surface area contributed by atoms with Crippen molar-refractivity contribution in [2.24, 2.45) is 11.3 Å². The number of carbonyl (C=O) groups excluding carboxylic acids is 2. The van der Waals surface area contributed by atoms with Gasteiger partial charge in [0.05, 0.1) is 0 Å². The number of piperidine rings is 1. The number of anilines is 1. The largest absolute Gasteiger partial charge is 0.434 e. The van der Waals surface area contributed by atoms with Crippen LogP contribution in [0.1, 0.15) is 19.3 Å². The number of hydrogen-bond acceptors (Lipinski definition) is 3. The van der Waals surface area contributed by atoms with E-state index in [2.05, 4.69) is 10.1 Å². The van der Waals surface area contributed by atoms with Crippen molar-refractivity contribution in [1.82, 2.24) is 4.90 Å². The lowest BCUT2D eigenvalue weighted by molar-refractivity contribution is -0.308. The van der Waals surface area contributed by atoms with Crippen molar-refractivity contribution in [1.29, 1.82) is 0 Å². The van der Waals surface area contributed by atoms with Gasteiger partial charge >= 0.3 is 18.4 Å². The Labute approximate surface area is 166 Å². The monoisotopic (exact) mass is 442 g/mol. The smallest absolute Gasteiger partial charge is 0.426 e. The highest BCUT2D eigenvalue weighted by Crippen LogP contribution is 2.59. The summed E-state index contributed by atoms with van der Waals surface area (Å²) in [6.07, 6.45) is -16.5. The average molecular weight is 442 g/mol. The Hall–Kier alpha value is -2.53. The number of likely N-dealkylation sites (tertiary alicyclic amines) is 1. The van der Waals surface area contributed by atoms with Crippen LogP contribution in [0.3, 0.4) is 0 Å². The Kier molecular flexibility index (Phi) is 5.63. The zero-order valence-electron chi connectivity index (χ0n) is 15.3. The summed E-state index contributed by atoms with van der Waals surface area (Å²) in [5, 5.41) is 2.58. The normalized spacial score (nSPS) is 20.9. The fourth-order valence-electron chi connectivity index (χ4n) is 3.70. The molecule has 0 aromatic heterocycles. The molecule has 1 heterocycles. The van der Waals surface area contributed by atoms with E-state index in [-0.39, 0.29) is 37.5 Å². The highest BCUT2D eigenvalue weighted by atomic mass is 19.4. The second-order valence-electron chi connectivity index (χ2n) is 7.45. The Balaban J connectivity index is 1.54. The third-order valence-electron chi connectivity index (χ3n) is 5.43. The maximum Gasteiger partial charge on any atom is 0.434 e. The fraction of sp³-hybridized carbons (Fsp3) is 0.556. The number of nitrogens with one attached hydrogen (secondary N) is 1. The molecule has 1 aromatic carbocycles. The molecule has 1 saturated carbocycles. The molecule has 1 N–H and O–H groups in total. The highest BCUT2D eigenvalue weighted by Gasteiger charge is 2.61. The number of ether oxygens (including phenoxy) is 1. The molecular weight excluding hydrogens is 425 g/mol. The quantitative estimate of drug-likeness (QED) is 0.702. The number of hydrogen-bond donors (Lipinski definition) is 1. The summed E-state index contributed by atoms with van der Waals surface area (Å²) in [7, 11) is 0. The number of amides is 2. The summed E-state index contributed by atoms with van der Waals surface area (Å²) in [6, 6.07) is 5.29. The predicted molar refractivity (Wildman–Crippen MR) is 88.8 cm³/mol. The van der Waals surface area contributed by atoms with Crippen molar-refractivity contribution >= 4 is 17.7 Å². The first-order chi connectivity index (χ1) is 13.8. The molecule has 30 heavy (non-hydrogen) atoms. The van der Waals surface area contributed by atoms with Crippen LogP contribution in [-0.4, -0.2) is 48.4 Å². The summed E-state index contributed by atoms with van der Waals surface area (Å²) in [5.41, 5.74) is -0.213. The standard InChI is InChI=1S/C18H17F7N2O3/c19-10-2-1-3-11(8-10)26-13(28)12-9-16(12)4-6-27(7-5-16)15(29)30-14(17(20,21)22)18(23,24)25/h1-3,8,12,14H,4-7,9H2,(H,26,28). The predicted octanol–water partition coefficient (Wildman–Crippen LogP) is 4.50. The zero-order valence-corrected chi connectivity index (χ0v) is 15.3. The first-order valence-corrected chi connectivity index (χ1v) is 8.97. The number of carbonyl (C=O) groups is 2. The molecule has 166 valence electrons. The molecule has 1 saturated heterocycles. The summed E-state index contributed by atoms with van der Waals surface area (Å²) in [6.45, 7) is -0.268. The Bertz CT molecular complexity index is 803. The summed E-state index contributed by atoms with van der Waals surface area (Å²) in [4.78, 5) is 24.9. The number of halogens is 7. The van der Waals surface area contributed by atoms with Crippen LogP contribution in [-0.2, 0) is 9.53 Å². The average Bonchev–Trinajstić information content (AvgIpc) is 3.31. The van der Waals surface area contributed by atoms with Gasteiger partial charge in [-0.3, -0.25) is 4.79 Å². The molecule has 1 aromatic rings. The van der Waals surface area contributed by atoms with E-state index in [0.29, 0.717) is 6.42 Å². The lowest BCUT2D eigenvalue weighted by Gasteiger charge is -2.33. The van der Waals surface area contributed by atoms with E-state index >= 15 is 0 Å². The summed E-state index contributed by atoms with van der Waals surface area (Å²) in [5.74, 6) is -1.32. The second-order valence-corrected chi connectivity index (χ2v) is 7.45. The van der Waals surface area contributed by atoms with Gasteiger partial charge in [0.2, 0.25) is 5.91 Å². The number of nitrogens with zero attached hydrogens (tertiary/aromatic N) is 1. The van der Waals surface area contributed by atoms with Crippen molar-refractivity contribution in [2.45, 2.75) is 37.7 Å². The zero-order chi connectivity index (χ0) is 22.3. The van der Waals surface area contributed by atoms with Crippen LogP contribution >= 0.6 is 0 Å². The summed E-state index contributed by atoms with van der Waals surface area (Å²) >= 11 is 0. The minimum absolute atomic E-state index is 0.134. The minimum Gasteiger partial charge on any atom is -0.426 e. The van der Waals surface area contributed by atoms with E-state index in [0.717, 1.165) is 11.0 Å². The van der Waals surface area contributed by atoms with Crippen LogP contribution in [0, 0.1) is 17.2 Å². The van der Waals surface area contributed by atoms with Gasteiger partial charge < -0.3 is 15.0 Å². The van der Waals surface area contributed by atoms with Crippen molar-refractivity contribution in [2.75, 3.05) is 18.4 Å². The Morgan fingerprint density at radius 1 is 1.10 bits per heavy atom. The van der Waals surface area contributed by atoms with E-state index in [1.807, 2.05) is 0 Å². The molecule has 0 bridgehead atoms. The van der Waals surface area contributed by atoms with Crippen molar-refractivity contribution < 1.29 is 45.1 Å². The topological polar surface area (TPSA) is 58.6 Å². The summed E-state index contributed by atoms with van der Waals surface area (Å²) < 4.78 is 92.1. The van der Waals surface area contributed by atoms with Crippen LogP contribution in [0.4, 0.5) is 41.2 Å². The first kappa shape index (κ1) is 22.2. The molecule has 0 radical (unpaired) electrons. The first-order valence-electron chi connectivity index (χ1n) is 8.97. The lowest BCUT2D eigenvalue weighted by atomic mass is 9.91. The number of rotatable bonds is 3. The number of benzene rings is 1. The molecule has 2 fully saturated rings. The van der Waals surface area contributed by atoms with Gasteiger partial charge in [-0.2, -0.15) is 26.3 Å². The van der Waals surface area contributed by atoms with E-state index in [4.69, 9.17) is 0 Å². The molecule has 2 aliphatic rings. The Morgan fingerprint density at radius 3 is 2.23 bits per heavy atom. The van der Waals surface area contributed by atoms with Crippen molar-refractivity contribution in [3.63, 3.8) is 0 Å². The van der Waals surface area contributed by atoms with Crippen LogP contribution in [0.2, 0.25) is 0 Å². The van der Waals surface area contributed by atoms with Gasteiger partial charge in [-0.1, -0.05) is 6.07 Å². The lowest BCUT2D eigenvalue weighted by Crippen LogP contribution is -2.49. The van der Waals surface area contributed by atoms with Crippen LogP contribution in [0.5, 0.6) is 0 Å². The molecule has 1 atom stereocenters. The van der Waals surface area contributed by atoms with E-state index < -0.39 is 41.7 Å². The molecule has 1 spiro atoms. The van der Waals surface area contributed by atoms with Gasteiger partial charge in [0.1, 0.15) is 5.82 Å². The van der Waals surface area contributed by atoms with E-state index in [9.17, 15) is 40.3 Å². The maximum absolute atomic E-state index is 13.2. The van der Waals surface area contributed by atoms with Gasteiger partial charge in [0, 0.05) is 24.7 Å². The molecule has 1 unspecified atom stereocenters. The molecular formula is C18H17F7N2O3. The molecule has 1 aliphatic heterocycles. The van der Waals surface area contributed by atoms with E-state index in [1.54, 1.807) is 0 Å². The fourth-order valence-corrected chi connectivity index (χ4v) is 3.70. The van der Waals surface area contributed by atoms with Crippen LogP contribution in [0.15, 0.2) is 24.3 Å². The molecule has 12 heteroatoms. The molecule has 1 aliphatic carbocycles. The van der Waals surface area contributed by atoms with Gasteiger partial charge in [0.25, 0.3) is 6.10 Å². The minimum atomic E-state index is -5.78. The van der Waals surface area contributed by atoms with Gasteiger partial charge in [-0.25, -0.2) is 9.18 Å². The van der Waals surface area contributed by atoms with Gasteiger partial charge in [-0.15, -0.1) is 0 Å². The van der Waals surface area contributed by atoms with Crippen LogP contribution < -0.4 is 5.32 Å². The highest BCUT2D eigenvalue weighted by molar-refractivity contribution is 5.95. The molecule has 5 nitrogen and oxygen atoms in total.